The first kappa shape index (κ1) is 23.5. The summed E-state index contributed by atoms with van der Waals surface area (Å²) in [6, 6.07) is 14.1. The van der Waals surface area contributed by atoms with Crippen LogP contribution in [-0.2, 0) is 16.0 Å². The molecule has 0 aliphatic carbocycles. The van der Waals surface area contributed by atoms with Crippen molar-refractivity contribution in [3.05, 3.63) is 71.0 Å². The van der Waals surface area contributed by atoms with Crippen molar-refractivity contribution in [2.75, 3.05) is 44.4 Å². The second-order valence-corrected chi connectivity index (χ2v) is 9.08. The van der Waals surface area contributed by atoms with Crippen LogP contribution in [-0.4, -0.2) is 61.5 Å². The summed E-state index contributed by atoms with van der Waals surface area (Å²) in [4.78, 5) is 17.5. The summed E-state index contributed by atoms with van der Waals surface area (Å²) < 4.78 is 32.0. The fraction of sp³-hybridized carbons (Fsp3) is 0.407. The quantitative estimate of drug-likeness (QED) is 0.499. The molecule has 2 aromatic carbocycles. The number of nitrogens with zero attached hydrogens (tertiary/aromatic N) is 3. The van der Waals surface area contributed by atoms with Crippen molar-refractivity contribution < 1.29 is 23.2 Å². The van der Waals surface area contributed by atoms with Gasteiger partial charge in [-0.25, -0.2) is 4.39 Å². The monoisotopic (exact) mass is 479 g/mol. The second kappa shape index (κ2) is 10.6. The number of anilines is 1. The summed E-state index contributed by atoms with van der Waals surface area (Å²) in [7, 11) is 0. The van der Waals surface area contributed by atoms with Gasteiger partial charge in [0, 0.05) is 37.4 Å². The van der Waals surface area contributed by atoms with Crippen LogP contribution in [0.15, 0.2) is 53.1 Å². The maximum absolute atomic E-state index is 14.8. The van der Waals surface area contributed by atoms with E-state index in [9.17, 15) is 9.18 Å². The molecule has 1 amide bonds. The molecule has 0 unspecified atom stereocenters. The van der Waals surface area contributed by atoms with Gasteiger partial charge in [0.25, 0.3) is 5.91 Å². The van der Waals surface area contributed by atoms with Gasteiger partial charge in [0.15, 0.2) is 0 Å². The molecular formula is C27H30FN3O4. The third kappa shape index (κ3) is 5.23. The first-order valence-corrected chi connectivity index (χ1v) is 12.1. The van der Waals surface area contributed by atoms with E-state index in [-0.39, 0.29) is 24.4 Å². The van der Waals surface area contributed by atoms with Crippen molar-refractivity contribution in [3.63, 3.8) is 0 Å². The predicted octanol–water partition coefficient (Wildman–Crippen LogP) is 4.45. The van der Waals surface area contributed by atoms with E-state index in [1.807, 2.05) is 31.2 Å². The Balaban J connectivity index is 1.53. The van der Waals surface area contributed by atoms with Crippen molar-refractivity contribution in [2.24, 2.45) is 0 Å². The number of benzene rings is 2. The number of morpholine rings is 1. The van der Waals surface area contributed by atoms with Crippen LogP contribution in [0.2, 0.25) is 0 Å². The zero-order chi connectivity index (χ0) is 24.2. The molecule has 0 N–H and O–H groups in total. The summed E-state index contributed by atoms with van der Waals surface area (Å²) in [5.41, 5.74) is 3.15. The number of hydrogen-bond acceptors (Lipinski definition) is 6. The maximum Gasteiger partial charge on any atom is 0.254 e. The van der Waals surface area contributed by atoms with Crippen LogP contribution in [0, 0.1) is 12.7 Å². The van der Waals surface area contributed by atoms with Gasteiger partial charge in [-0.05, 0) is 44.0 Å². The molecule has 184 valence electrons. The predicted molar refractivity (Wildman–Crippen MR) is 130 cm³/mol. The van der Waals surface area contributed by atoms with Crippen LogP contribution in [0.3, 0.4) is 0 Å². The lowest BCUT2D eigenvalue weighted by Gasteiger charge is -2.29. The topological polar surface area (TPSA) is 68.0 Å². The van der Waals surface area contributed by atoms with Crippen molar-refractivity contribution in [3.8, 4) is 11.3 Å². The Morgan fingerprint density at radius 1 is 1.11 bits per heavy atom. The van der Waals surface area contributed by atoms with E-state index in [4.69, 9.17) is 14.0 Å². The lowest BCUT2D eigenvalue weighted by atomic mass is 10.0. The van der Waals surface area contributed by atoms with Crippen molar-refractivity contribution in [2.45, 2.75) is 32.4 Å². The molecule has 3 aromatic rings. The molecule has 2 aliphatic rings. The number of aryl methyl sites for hydroxylation is 1. The number of amides is 1. The van der Waals surface area contributed by atoms with Gasteiger partial charge < -0.3 is 23.8 Å². The molecule has 1 atom stereocenters. The van der Waals surface area contributed by atoms with Gasteiger partial charge in [-0.3, -0.25) is 4.79 Å². The Morgan fingerprint density at radius 2 is 1.89 bits per heavy atom. The van der Waals surface area contributed by atoms with Crippen molar-refractivity contribution in [1.29, 1.82) is 0 Å². The number of rotatable bonds is 7. The van der Waals surface area contributed by atoms with E-state index in [0.717, 1.165) is 18.4 Å². The lowest BCUT2D eigenvalue weighted by molar-refractivity contribution is 0.0507. The Morgan fingerprint density at radius 3 is 2.60 bits per heavy atom. The Labute approximate surface area is 204 Å². The van der Waals surface area contributed by atoms with Gasteiger partial charge in [-0.1, -0.05) is 35.0 Å². The molecular weight excluding hydrogens is 449 g/mol. The normalized spacial score (nSPS) is 18.1. The second-order valence-electron chi connectivity index (χ2n) is 9.08. The van der Waals surface area contributed by atoms with Gasteiger partial charge >= 0.3 is 0 Å². The fourth-order valence-corrected chi connectivity index (χ4v) is 4.65. The van der Waals surface area contributed by atoms with E-state index in [1.165, 1.54) is 6.07 Å². The molecule has 0 bridgehead atoms. The first-order valence-electron chi connectivity index (χ1n) is 12.1. The van der Waals surface area contributed by atoms with Crippen LogP contribution < -0.4 is 4.90 Å². The molecule has 2 fully saturated rings. The van der Waals surface area contributed by atoms with Gasteiger partial charge in [0.05, 0.1) is 31.4 Å². The minimum atomic E-state index is -0.383. The van der Waals surface area contributed by atoms with Crippen LogP contribution in [0.25, 0.3) is 11.3 Å². The van der Waals surface area contributed by atoms with E-state index in [1.54, 1.807) is 23.1 Å². The molecule has 7 nitrogen and oxygen atoms in total. The zero-order valence-electron chi connectivity index (χ0n) is 19.9. The minimum Gasteiger partial charge on any atom is -0.378 e. The molecule has 0 saturated carbocycles. The first-order chi connectivity index (χ1) is 17.1. The van der Waals surface area contributed by atoms with Gasteiger partial charge in [0.2, 0.25) is 5.88 Å². The average molecular weight is 480 g/mol. The van der Waals surface area contributed by atoms with Crippen LogP contribution >= 0.6 is 0 Å². The minimum absolute atomic E-state index is 0.0343. The van der Waals surface area contributed by atoms with E-state index >= 15 is 0 Å². The number of hydrogen-bond donors (Lipinski definition) is 0. The largest absolute Gasteiger partial charge is 0.378 e. The van der Waals surface area contributed by atoms with Crippen molar-refractivity contribution in [1.82, 2.24) is 10.1 Å². The Bertz CT molecular complexity index is 1150. The molecule has 0 radical (unpaired) electrons. The smallest absolute Gasteiger partial charge is 0.254 e. The van der Waals surface area contributed by atoms with Gasteiger partial charge in [-0.2, -0.15) is 0 Å². The SMILES string of the molecule is Cc1ccc(C(=O)N(Cc2c(-c3ccccc3F)noc2N2CCOCC2)C[C@H]2CCCO2)cc1. The molecule has 2 aliphatic heterocycles. The fourth-order valence-electron chi connectivity index (χ4n) is 4.65. The third-order valence-electron chi connectivity index (χ3n) is 6.58. The van der Waals surface area contributed by atoms with Crippen LogP contribution in [0.4, 0.5) is 10.3 Å². The number of ether oxygens (including phenoxy) is 2. The lowest BCUT2D eigenvalue weighted by Crippen LogP contribution is -2.39. The third-order valence-corrected chi connectivity index (χ3v) is 6.58. The van der Waals surface area contributed by atoms with Crippen LogP contribution in [0.1, 0.15) is 34.3 Å². The van der Waals surface area contributed by atoms with E-state index in [2.05, 4.69) is 10.1 Å². The highest BCUT2D eigenvalue weighted by Gasteiger charge is 2.30. The Kier molecular flexibility index (Phi) is 7.11. The maximum atomic E-state index is 14.8. The number of aromatic nitrogens is 1. The Hall–Kier alpha value is -3.23. The summed E-state index contributed by atoms with van der Waals surface area (Å²) in [5, 5.41) is 4.28. The van der Waals surface area contributed by atoms with Gasteiger partial charge in [-0.15, -0.1) is 0 Å². The zero-order valence-corrected chi connectivity index (χ0v) is 19.9. The van der Waals surface area contributed by atoms with Crippen molar-refractivity contribution >= 4 is 11.8 Å². The van der Waals surface area contributed by atoms with E-state index in [0.29, 0.717) is 67.7 Å². The molecule has 1 aromatic heterocycles. The molecule has 3 heterocycles. The number of carbonyl (C=O) groups is 1. The standard InChI is InChI=1S/C27H30FN3O4/c1-19-8-10-20(11-9-19)26(32)31(17-21-5-4-14-34-21)18-23-25(22-6-2-3-7-24(22)28)29-35-27(23)30-12-15-33-16-13-30/h2-3,6-11,21H,4-5,12-18H2,1H3/t21-/m1/s1. The highest BCUT2D eigenvalue weighted by molar-refractivity contribution is 5.94. The summed E-state index contributed by atoms with van der Waals surface area (Å²) in [6.45, 7) is 5.76. The van der Waals surface area contributed by atoms with Crippen LogP contribution in [0.5, 0.6) is 0 Å². The van der Waals surface area contributed by atoms with E-state index < -0.39 is 0 Å². The highest BCUT2D eigenvalue weighted by Crippen LogP contribution is 2.34. The van der Waals surface area contributed by atoms with Gasteiger partial charge in [0.1, 0.15) is 11.5 Å². The molecule has 5 rings (SSSR count). The molecule has 0 spiro atoms. The average Bonchev–Trinajstić information content (AvgIpc) is 3.55. The molecule has 8 heteroatoms. The highest BCUT2D eigenvalue weighted by atomic mass is 19.1. The summed E-state index contributed by atoms with van der Waals surface area (Å²) in [5.74, 6) is 0.0702. The summed E-state index contributed by atoms with van der Waals surface area (Å²) >= 11 is 0. The molecule has 35 heavy (non-hydrogen) atoms. The number of halogens is 1. The number of carbonyl (C=O) groups excluding carboxylic acids is 1. The molecule has 2 saturated heterocycles. The summed E-state index contributed by atoms with van der Waals surface area (Å²) in [6.07, 6.45) is 1.84.